The van der Waals surface area contributed by atoms with Crippen molar-refractivity contribution >= 4 is 0 Å². The van der Waals surface area contributed by atoms with E-state index in [0.29, 0.717) is 10.8 Å². The Bertz CT molecular complexity index is 278. The topological polar surface area (TPSA) is 15.3 Å². The lowest BCUT2D eigenvalue weighted by Gasteiger charge is -2.43. The first-order valence-corrected chi connectivity index (χ1v) is 7.89. The summed E-state index contributed by atoms with van der Waals surface area (Å²) >= 11 is 0. The number of likely N-dealkylation sites (N-methyl/N-ethyl adjacent to an activating group) is 1. The van der Waals surface area contributed by atoms with E-state index in [4.69, 9.17) is 0 Å². The highest BCUT2D eigenvalue weighted by Gasteiger charge is 2.58. The van der Waals surface area contributed by atoms with Crippen molar-refractivity contribution < 1.29 is 0 Å². The van der Waals surface area contributed by atoms with E-state index in [2.05, 4.69) is 44.8 Å². The van der Waals surface area contributed by atoms with Crippen molar-refractivity contribution in [2.75, 3.05) is 26.2 Å². The molecule has 2 heteroatoms. The molecular weight excluding hydrogens is 220 g/mol. The summed E-state index contributed by atoms with van der Waals surface area (Å²) in [5.41, 5.74) is 1.06. The van der Waals surface area contributed by atoms with Crippen molar-refractivity contribution in [2.45, 2.75) is 59.9 Å². The fraction of sp³-hybridized carbons (Fsp3) is 1.00. The van der Waals surface area contributed by atoms with Crippen molar-refractivity contribution in [3.63, 3.8) is 0 Å². The van der Waals surface area contributed by atoms with E-state index in [1.807, 2.05) is 0 Å². The lowest BCUT2D eigenvalue weighted by molar-refractivity contribution is 0.106. The number of nitrogens with zero attached hydrogens (tertiary/aromatic N) is 1. The zero-order valence-electron chi connectivity index (χ0n) is 13.1. The Balaban J connectivity index is 1.89. The molecular formula is C16H32N2. The Morgan fingerprint density at radius 3 is 2.33 bits per heavy atom. The molecule has 2 rings (SSSR count). The Kier molecular flexibility index (Phi) is 4.08. The maximum atomic E-state index is 3.90. The van der Waals surface area contributed by atoms with Gasteiger partial charge < -0.3 is 10.2 Å². The SMILES string of the molecule is CCN(CC)CCNC1C(C)(C)[C@H]2CC[C@]1(C)C2. The molecule has 0 heterocycles. The van der Waals surface area contributed by atoms with E-state index in [-0.39, 0.29) is 0 Å². The average molecular weight is 252 g/mol. The molecule has 0 aromatic heterocycles. The molecule has 0 radical (unpaired) electrons. The molecule has 3 atom stereocenters. The molecule has 1 N–H and O–H groups in total. The summed E-state index contributed by atoms with van der Waals surface area (Å²) in [6.07, 6.45) is 4.34. The summed E-state index contributed by atoms with van der Waals surface area (Å²) in [6.45, 7) is 16.7. The fourth-order valence-electron chi connectivity index (χ4n) is 4.72. The van der Waals surface area contributed by atoms with Crippen LogP contribution in [-0.4, -0.2) is 37.1 Å². The summed E-state index contributed by atoms with van der Waals surface area (Å²) in [5, 5.41) is 3.90. The molecule has 2 bridgehead atoms. The van der Waals surface area contributed by atoms with Gasteiger partial charge in [-0.3, -0.25) is 0 Å². The van der Waals surface area contributed by atoms with Gasteiger partial charge in [0, 0.05) is 19.1 Å². The highest BCUT2D eigenvalue weighted by Crippen LogP contribution is 2.62. The van der Waals surface area contributed by atoms with Crippen LogP contribution < -0.4 is 5.32 Å². The zero-order valence-corrected chi connectivity index (χ0v) is 13.1. The van der Waals surface area contributed by atoms with Crippen LogP contribution in [0.3, 0.4) is 0 Å². The first-order chi connectivity index (χ1) is 8.44. The minimum absolute atomic E-state index is 0.496. The molecule has 2 fully saturated rings. The second-order valence-electron chi connectivity index (χ2n) is 7.33. The fourth-order valence-corrected chi connectivity index (χ4v) is 4.72. The predicted molar refractivity (Wildman–Crippen MR) is 78.8 cm³/mol. The van der Waals surface area contributed by atoms with Gasteiger partial charge in [-0.05, 0) is 49.1 Å². The minimum Gasteiger partial charge on any atom is -0.312 e. The Morgan fingerprint density at radius 2 is 1.83 bits per heavy atom. The van der Waals surface area contributed by atoms with Gasteiger partial charge in [0.25, 0.3) is 0 Å². The van der Waals surface area contributed by atoms with Gasteiger partial charge in [0.2, 0.25) is 0 Å². The van der Waals surface area contributed by atoms with Gasteiger partial charge in [-0.2, -0.15) is 0 Å². The van der Waals surface area contributed by atoms with Crippen LogP contribution in [0.15, 0.2) is 0 Å². The molecule has 18 heavy (non-hydrogen) atoms. The molecule has 2 aliphatic rings. The van der Waals surface area contributed by atoms with E-state index in [0.717, 1.165) is 18.5 Å². The molecule has 0 amide bonds. The van der Waals surface area contributed by atoms with E-state index < -0.39 is 0 Å². The molecule has 0 aliphatic heterocycles. The third-order valence-corrected chi connectivity index (χ3v) is 5.94. The van der Waals surface area contributed by atoms with Crippen LogP contribution >= 0.6 is 0 Å². The van der Waals surface area contributed by atoms with E-state index in [1.54, 1.807) is 0 Å². The first kappa shape index (κ1) is 14.3. The molecule has 106 valence electrons. The zero-order chi connectivity index (χ0) is 13.4. The minimum atomic E-state index is 0.496. The van der Waals surface area contributed by atoms with Crippen molar-refractivity contribution in [2.24, 2.45) is 16.7 Å². The lowest BCUT2D eigenvalue weighted by Crippen LogP contribution is -2.51. The number of hydrogen-bond acceptors (Lipinski definition) is 2. The predicted octanol–water partition coefficient (Wildman–Crippen LogP) is 3.13. The quantitative estimate of drug-likeness (QED) is 0.781. The number of rotatable bonds is 6. The number of fused-ring (bicyclic) bond motifs is 2. The van der Waals surface area contributed by atoms with Crippen molar-refractivity contribution in [1.82, 2.24) is 10.2 Å². The molecule has 0 saturated heterocycles. The van der Waals surface area contributed by atoms with E-state index >= 15 is 0 Å². The molecule has 1 unspecified atom stereocenters. The maximum absolute atomic E-state index is 3.90. The average Bonchev–Trinajstić information content (AvgIpc) is 2.79. The third kappa shape index (κ3) is 2.34. The summed E-state index contributed by atoms with van der Waals surface area (Å²) < 4.78 is 0. The van der Waals surface area contributed by atoms with Crippen LogP contribution in [0.2, 0.25) is 0 Å². The number of hydrogen-bond donors (Lipinski definition) is 1. The van der Waals surface area contributed by atoms with Crippen LogP contribution in [0.1, 0.15) is 53.9 Å². The van der Waals surface area contributed by atoms with Crippen molar-refractivity contribution in [1.29, 1.82) is 0 Å². The molecule has 0 aromatic rings. The van der Waals surface area contributed by atoms with Gasteiger partial charge in [-0.25, -0.2) is 0 Å². The van der Waals surface area contributed by atoms with Crippen LogP contribution in [0, 0.1) is 16.7 Å². The van der Waals surface area contributed by atoms with Gasteiger partial charge in [-0.15, -0.1) is 0 Å². The lowest BCUT2D eigenvalue weighted by atomic mass is 9.68. The molecule has 0 spiro atoms. The normalized spacial score (nSPS) is 37.7. The summed E-state index contributed by atoms with van der Waals surface area (Å²) in [4.78, 5) is 2.51. The largest absolute Gasteiger partial charge is 0.312 e. The van der Waals surface area contributed by atoms with Crippen LogP contribution in [0.5, 0.6) is 0 Å². The molecule has 2 aliphatic carbocycles. The second kappa shape index (κ2) is 5.13. The molecule has 2 nitrogen and oxygen atoms in total. The van der Waals surface area contributed by atoms with Crippen molar-refractivity contribution in [3.8, 4) is 0 Å². The third-order valence-electron chi connectivity index (χ3n) is 5.94. The number of nitrogens with one attached hydrogen (secondary N) is 1. The van der Waals surface area contributed by atoms with Gasteiger partial charge >= 0.3 is 0 Å². The van der Waals surface area contributed by atoms with Crippen LogP contribution in [-0.2, 0) is 0 Å². The van der Waals surface area contributed by atoms with Crippen LogP contribution in [0.25, 0.3) is 0 Å². The van der Waals surface area contributed by atoms with Gasteiger partial charge in [0.1, 0.15) is 0 Å². The monoisotopic (exact) mass is 252 g/mol. The molecule has 2 saturated carbocycles. The van der Waals surface area contributed by atoms with Crippen LogP contribution in [0.4, 0.5) is 0 Å². The van der Waals surface area contributed by atoms with E-state index in [9.17, 15) is 0 Å². The van der Waals surface area contributed by atoms with Gasteiger partial charge in [0.05, 0.1) is 0 Å². The van der Waals surface area contributed by atoms with Crippen molar-refractivity contribution in [3.05, 3.63) is 0 Å². The highest BCUT2D eigenvalue weighted by molar-refractivity contribution is 5.11. The smallest absolute Gasteiger partial charge is 0.0175 e. The maximum Gasteiger partial charge on any atom is 0.0175 e. The first-order valence-electron chi connectivity index (χ1n) is 7.89. The van der Waals surface area contributed by atoms with E-state index in [1.165, 1.54) is 38.9 Å². The molecule has 0 aromatic carbocycles. The summed E-state index contributed by atoms with van der Waals surface area (Å²) in [7, 11) is 0. The Labute approximate surface area is 114 Å². The highest BCUT2D eigenvalue weighted by atomic mass is 15.1. The van der Waals surface area contributed by atoms with Gasteiger partial charge in [0.15, 0.2) is 0 Å². The van der Waals surface area contributed by atoms with Gasteiger partial charge in [-0.1, -0.05) is 34.6 Å². The summed E-state index contributed by atoms with van der Waals surface area (Å²) in [6, 6.07) is 0.722. The standard InChI is InChI=1S/C16H32N2/c1-6-18(7-2)11-10-17-14-15(3,4)13-8-9-16(14,5)12-13/h13-14,17H,6-12H2,1-5H3/t13-,14?,16+/m0/s1. The Hall–Kier alpha value is -0.0800. The summed E-state index contributed by atoms with van der Waals surface area (Å²) in [5.74, 6) is 0.952. The Morgan fingerprint density at radius 1 is 1.17 bits per heavy atom. The second-order valence-corrected chi connectivity index (χ2v) is 7.33.